The molecule has 0 fully saturated rings. The van der Waals surface area contributed by atoms with Crippen molar-refractivity contribution < 1.29 is 9.53 Å². The number of hydrogen-bond acceptors (Lipinski definition) is 6. The van der Waals surface area contributed by atoms with Crippen molar-refractivity contribution in [3.05, 3.63) is 35.5 Å². The van der Waals surface area contributed by atoms with Crippen molar-refractivity contribution in [2.75, 3.05) is 7.11 Å². The van der Waals surface area contributed by atoms with E-state index >= 15 is 0 Å². The van der Waals surface area contributed by atoms with E-state index in [4.69, 9.17) is 0 Å². The van der Waals surface area contributed by atoms with Crippen LogP contribution in [-0.2, 0) is 15.3 Å². The molecule has 4 nitrogen and oxygen atoms in total. The lowest BCUT2D eigenvalue weighted by molar-refractivity contribution is -0.140. The molecule has 106 valence electrons. The molecule has 20 heavy (non-hydrogen) atoms. The third kappa shape index (κ3) is 4.31. The van der Waals surface area contributed by atoms with Crippen LogP contribution in [0.25, 0.3) is 10.7 Å². The Morgan fingerprint density at radius 1 is 1.50 bits per heavy atom. The van der Waals surface area contributed by atoms with Gasteiger partial charge < -0.3 is 4.74 Å². The SMILES string of the molecule is COC(=O)CC(C)SCc1csc(-c2ccccn2)n1. The predicted octanol–water partition coefficient (Wildman–Crippen LogP) is 3.39. The Hall–Kier alpha value is -1.40. The molecular formula is C14H16N2O2S2. The van der Waals surface area contributed by atoms with Gasteiger partial charge in [0.2, 0.25) is 0 Å². The van der Waals surface area contributed by atoms with E-state index in [1.54, 1.807) is 29.3 Å². The third-order valence-electron chi connectivity index (χ3n) is 2.63. The van der Waals surface area contributed by atoms with E-state index < -0.39 is 0 Å². The molecular weight excluding hydrogens is 292 g/mol. The largest absolute Gasteiger partial charge is 0.469 e. The smallest absolute Gasteiger partial charge is 0.306 e. The third-order valence-corrected chi connectivity index (χ3v) is 4.75. The molecule has 0 aliphatic rings. The van der Waals surface area contributed by atoms with Crippen LogP contribution in [-0.4, -0.2) is 28.3 Å². The number of thiazole rings is 1. The highest BCUT2D eigenvalue weighted by atomic mass is 32.2. The Kier molecular flexibility index (Phi) is 5.55. The fraction of sp³-hybridized carbons (Fsp3) is 0.357. The molecule has 0 spiro atoms. The van der Waals surface area contributed by atoms with Crippen molar-refractivity contribution in [2.24, 2.45) is 0 Å². The Morgan fingerprint density at radius 3 is 3.05 bits per heavy atom. The first-order valence-electron chi connectivity index (χ1n) is 6.23. The van der Waals surface area contributed by atoms with Gasteiger partial charge in [-0.3, -0.25) is 9.78 Å². The maximum atomic E-state index is 11.2. The molecule has 2 rings (SSSR count). The van der Waals surface area contributed by atoms with Gasteiger partial charge in [0, 0.05) is 22.6 Å². The molecule has 0 saturated heterocycles. The van der Waals surface area contributed by atoms with Crippen molar-refractivity contribution >= 4 is 29.1 Å². The Labute approximate surface area is 126 Å². The first-order valence-corrected chi connectivity index (χ1v) is 8.16. The maximum Gasteiger partial charge on any atom is 0.306 e. The second-order valence-corrected chi connectivity index (χ2v) is 6.55. The average Bonchev–Trinajstić information content (AvgIpc) is 2.95. The summed E-state index contributed by atoms with van der Waals surface area (Å²) < 4.78 is 4.66. The van der Waals surface area contributed by atoms with Crippen LogP contribution in [0.2, 0.25) is 0 Å². The van der Waals surface area contributed by atoms with Crippen LogP contribution < -0.4 is 0 Å². The van der Waals surface area contributed by atoms with E-state index in [9.17, 15) is 4.79 Å². The number of nitrogens with zero attached hydrogens (tertiary/aromatic N) is 2. The number of carbonyl (C=O) groups is 1. The lowest BCUT2D eigenvalue weighted by atomic mass is 10.3. The molecule has 2 aromatic rings. The van der Waals surface area contributed by atoms with Crippen LogP contribution in [0, 0.1) is 0 Å². The highest BCUT2D eigenvalue weighted by molar-refractivity contribution is 7.99. The first kappa shape index (κ1) is 15.0. The molecule has 1 unspecified atom stereocenters. The molecule has 0 bridgehead atoms. The number of pyridine rings is 1. The van der Waals surface area contributed by atoms with E-state index in [0.717, 1.165) is 22.1 Å². The van der Waals surface area contributed by atoms with Crippen LogP contribution in [0.5, 0.6) is 0 Å². The predicted molar refractivity (Wildman–Crippen MR) is 82.7 cm³/mol. The number of rotatable bonds is 6. The zero-order valence-corrected chi connectivity index (χ0v) is 13.0. The molecule has 0 aromatic carbocycles. The van der Waals surface area contributed by atoms with Crippen molar-refractivity contribution in [1.29, 1.82) is 0 Å². The number of methoxy groups -OCH3 is 1. The van der Waals surface area contributed by atoms with Crippen LogP contribution in [0.1, 0.15) is 19.0 Å². The average molecular weight is 308 g/mol. The molecule has 2 aromatic heterocycles. The van der Waals surface area contributed by atoms with Crippen LogP contribution in [0.3, 0.4) is 0 Å². The van der Waals surface area contributed by atoms with Gasteiger partial charge in [0.15, 0.2) is 0 Å². The summed E-state index contributed by atoms with van der Waals surface area (Å²) in [6, 6.07) is 5.80. The Bertz CT molecular complexity index is 557. The number of thioether (sulfide) groups is 1. The summed E-state index contributed by atoms with van der Waals surface area (Å²) in [4.78, 5) is 20.0. The quantitative estimate of drug-likeness (QED) is 0.766. The summed E-state index contributed by atoms with van der Waals surface area (Å²) in [5.41, 5.74) is 1.92. The highest BCUT2D eigenvalue weighted by Crippen LogP contribution is 2.25. The number of aromatic nitrogens is 2. The first-order chi connectivity index (χ1) is 9.69. The summed E-state index contributed by atoms with van der Waals surface area (Å²) in [5.74, 6) is 0.624. The number of ether oxygens (including phenoxy) is 1. The highest BCUT2D eigenvalue weighted by Gasteiger charge is 2.11. The van der Waals surface area contributed by atoms with Crippen molar-refractivity contribution in [1.82, 2.24) is 9.97 Å². The summed E-state index contributed by atoms with van der Waals surface area (Å²) in [7, 11) is 1.42. The van der Waals surface area contributed by atoms with Crippen molar-refractivity contribution in [2.45, 2.75) is 24.3 Å². The zero-order chi connectivity index (χ0) is 14.4. The van der Waals surface area contributed by atoms with Crippen molar-refractivity contribution in [3.8, 4) is 10.7 Å². The minimum atomic E-state index is -0.169. The number of hydrogen-bond donors (Lipinski definition) is 0. The lowest BCUT2D eigenvalue weighted by Crippen LogP contribution is -2.08. The number of carbonyl (C=O) groups excluding carboxylic acids is 1. The second kappa shape index (κ2) is 7.40. The number of esters is 1. The van der Waals surface area contributed by atoms with Gasteiger partial charge in [-0.15, -0.1) is 11.3 Å². The monoisotopic (exact) mass is 308 g/mol. The molecule has 0 aliphatic carbocycles. The lowest BCUT2D eigenvalue weighted by Gasteiger charge is -2.08. The minimum absolute atomic E-state index is 0.169. The van der Waals surface area contributed by atoms with Gasteiger partial charge in [-0.1, -0.05) is 13.0 Å². The summed E-state index contributed by atoms with van der Waals surface area (Å²) in [6.07, 6.45) is 2.20. The summed E-state index contributed by atoms with van der Waals surface area (Å²) in [5, 5.41) is 3.20. The summed E-state index contributed by atoms with van der Waals surface area (Å²) >= 11 is 3.30. The van der Waals surface area contributed by atoms with Gasteiger partial charge in [0.1, 0.15) is 5.01 Å². The second-order valence-electron chi connectivity index (χ2n) is 4.26. The van der Waals surface area contributed by atoms with Gasteiger partial charge in [-0.05, 0) is 12.1 Å². The fourth-order valence-corrected chi connectivity index (χ4v) is 3.34. The van der Waals surface area contributed by atoms with E-state index in [2.05, 4.69) is 14.7 Å². The molecule has 1 atom stereocenters. The molecule has 2 heterocycles. The van der Waals surface area contributed by atoms with Gasteiger partial charge in [0.25, 0.3) is 0 Å². The van der Waals surface area contributed by atoms with Crippen LogP contribution in [0.4, 0.5) is 0 Å². The van der Waals surface area contributed by atoms with Crippen LogP contribution in [0.15, 0.2) is 29.8 Å². The van der Waals surface area contributed by atoms with E-state index in [1.165, 1.54) is 7.11 Å². The molecule has 0 saturated carbocycles. The van der Waals surface area contributed by atoms with E-state index in [-0.39, 0.29) is 11.2 Å². The molecule has 0 radical (unpaired) electrons. The molecule has 6 heteroatoms. The van der Waals surface area contributed by atoms with Gasteiger partial charge in [0.05, 0.1) is 24.9 Å². The Balaban J connectivity index is 1.89. The van der Waals surface area contributed by atoms with E-state index in [0.29, 0.717) is 6.42 Å². The van der Waals surface area contributed by atoms with Crippen molar-refractivity contribution in [3.63, 3.8) is 0 Å². The van der Waals surface area contributed by atoms with Gasteiger partial charge in [-0.2, -0.15) is 11.8 Å². The van der Waals surface area contributed by atoms with Gasteiger partial charge >= 0.3 is 5.97 Å². The molecule has 0 N–H and O–H groups in total. The van der Waals surface area contributed by atoms with Gasteiger partial charge in [-0.25, -0.2) is 4.98 Å². The van der Waals surface area contributed by atoms with Crippen LogP contribution >= 0.6 is 23.1 Å². The summed E-state index contributed by atoms with van der Waals surface area (Å²) in [6.45, 7) is 2.02. The molecule has 0 aliphatic heterocycles. The normalized spacial score (nSPS) is 12.1. The topological polar surface area (TPSA) is 52.1 Å². The maximum absolute atomic E-state index is 11.2. The van der Waals surface area contributed by atoms with E-state index in [1.807, 2.05) is 30.5 Å². The Morgan fingerprint density at radius 2 is 2.35 bits per heavy atom. The molecule has 0 amide bonds. The zero-order valence-electron chi connectivity index (χ0n) is 11.4. The minimum Gasteiger partial charge on any atom is -0.469 e. The standard InChI is InChI=1S/C14H16N2O2S2/c1-10(7-13(17)18-2)19-8-11-9-20-14(16-11)12-5-3-4-6-15-12/h3-6,9-10H,7-8H2,1-2H3. The fourth-order valence-electron chi connectivity index (χ4n) is 1.58.